The molecule has 3 aromatic rings. The van der Waals surface area contributed by atoms with Crippen LogP contribution in [-0.4, -0.2) is 43.5 Å². The van der Waals surface area contributed by atoms with E-state index in [2.05, 4.69) is 14.6 Å². The third-order valence-corrected chi connectivity index (χ3v) is 8.03. The van der Waals surface area contributed by atoms with Crippen LogP contribution in [0.5, 0.6) is 5.75 Å². The molecule has 0 radical (unpaired) electrons. The summed E-state index contributed by atoms with van der Waals surface area (Å²) in [5.74, 6) is 0.252. The number of nitrogens with one attached hydrogen (secondary N) is 1. The zero-order valence-electron chi connectivity index (χ0n) is 21.2. The summed E-state index contributed by atoms with van der Waals surface area (Å²) in [6, 6.07) is 11.9. The van der Waals surface area contributed by atoms with Gasteiger partial charge in [-0.05, 0) is 67.5 Å². The predicted octanol–water partition coefficient (Wildman–Crippen LogP) is 4.01. The van der Waals surface area contributed by atoms with Gasteiger partial charge in [0.2, 0.25) is 0 Å². The van der Waals surface area contributed by atoms with Gasteiger partial charge >= 0.3 is 0 Å². The van der Waals surface area contributed by atoms with Crippen LogP contribution in [0.4, 0.5) is 16.0 Å². The standard InChI is InChI=1S/C27H30FN5O4S/c1-16(2)15-37-21-12-18(11-19(28)13-21)23-9-8-22(26(30-23)33-14-17-6-7-20(33)10-17)27(34)32-38(35,36)25-5-3-4-24(29)31-25/h3-5,8-9,11-13,16-17,20H,6-7,10,14-15H2,1-2H3,(H2,29,31)(H,32,34)/t17-,20-/m0/s1. The Morgan fingerprint density at radius 3 is 2.68 bits per heavy atom. The summed E-state index contributed by atoms with van der Waals surface area (Å²) < 4.78 is 48.0. The molecule has 2 aromatic heterocycles. The molecule has 1 amide bonds. The second-order valence-corrected chi connectivity index (χ2v) is 11.9. The summed E-state index contributed by atoms with van der Waals surface area (Å²) in [4.78, 5) is 24.0. The highest BCUT2D eigenvalue weighted by molar-refractivity contribution is 7.90. The Morgan fingerprint density at radius 2 is 2.00 bits per heavy atom. The number of aromatic nitrogens is 2. The number of amides is 1. The van der Waals surface area contributed by atoms with Crippen molar-refractivity contribution in [2.24, 2.45) is 11.8 Å². The average Bonchev–Trinajstić information content (AvgIpc) is 3.51. The van der Waals surface area contributed by atoms with Crippen LogP contribution in [0.2, 0.25) is 0 Å². The third-order valence-electron chi connectivity index (χ3n) is 6.80. The van der Waals surface area contributed by atoms with Crippen molar-refractivity contribution in [2.75, 3.05) is 23.8 Å². The monoisotopic (exact) mass is 539 g/mol. The van der Waals surface area contributed by atoms with Gasteiger partial charge in [0, 0.05) is 24.2 Å². The van der Waals surface area contributed by atoms with Gasteiger partial charge < -0.3 is 15.4 Å². The number of rotatable bonds is 8. The van der Waals surface area contributed by atoms with Crippen molar-refractivity contribution in [1.29, 1.82) is 0 Å². The first-order valence-electron chi connectivity index (χ1n) is 12.6. The van der Waals surface area contributed by atoms with Gasteiger partial charge in [-0.1, -0.05) is 19.9 Å². The van der Waals surface area contributed by atoms with Crippen molar-refractivity contribution in [1.82, 2.24) is 14.7 Å². The minimum Gasteiger partial charge on any atom is -0.493 e. The Hall–Kier alpha value is -3.73. The van der Waals surface area contributed by atoms with Crippen molar-refractivity contribution in [3.8, 4) is 17.0 Å². The van der Waals surface area contributed by atoms with Gasteiger partial charge in [-0.2, -0.15) is 8.42 Å². The number of anilines is 2. The number of nitrogens with two attached hydrogens (primary N) is 1. The van der Waals surface area contributed by atoms with E-state index in [-0.39, 0.29) is 28.4 Å². The van der Waals surface area contributed by atoms with E-state index in [1.165, 1.54) is 36.4 Å². The van der Waals surface area contributed by atoms with Gasteiger partial charge in [-0.25, -0.2) is 19.1 Å². The number of pyridine rings is 2. The van der Waals surface area contributed by atoms with Crippen LogP contribution in [0.3, 0.4) is 0 Å². The number of nitrogen functional groups attached to an aromatic ring is 1. The summed E-state index contributed by atoms with van der Waals surface area (Å²) in [5, 5.41) is -0.356. The molecule has 2 aliphatic rings. The highest BCUT2D eigenvalue weighted by Gasteiger charge is 2.40. The minimum atomic E-state index is -4.27. The fourth-order valence-corrected chi connectivity index (χ4v) is 6.00. The molecule has 2 bridgehead atoms. The molecule has 3 N–H and O–H groups in total. The summed E-state index contributed by atoms with van der Waals surface area (Å²) in [6.07, 6.45) is 3.07. The van der Waals surface area contributed by atoms with Gasteiger partial charge in [0.1, 0.15) is 23.2 Å². The minimum absolute atomic E-state index is 0.0203. The van der Waals surface area contributed by atoms with Crippen molar-refractivity contribution < 1.29 is 22.3 Å². The Labute approximate surface area is 221 Å². The zero-order chi connectivity index (χ0) is 27.0. The third kappa shape index (κ3) is 5.42. The largest absolute Gasteiger partial charge is 0.493 e. The van der Waals surface area contributed by atoms with Gasteiger partial charge in [0.15, 0.2) is 5.03 Å². The predicted molar refractivity (Wildman–Crippen MR) is 142 cm³/mol. The molecule has 1 saturated carbocycles. The molecule has 0 spiro atoms. The first-order chi connectivity index (χ1) is 18.1. The molecule has 1 saturated heterocycles. The molecule has 38 heavy (non-hydrogen) atoms. The van der Waals surface area contributed by atoms with Gasteiger partial charge in [0.25, 0.3) is 15.9 Å². The maximum absolute atomic E-state index is 14.5. The number of hydrogen-bond acceptors (Lipinski definition) is 8. The van der Waals surface area contributed by atoms with E-state index in [0.717, 1.165) is 25.8 Å². The number of carbonyl (C=O) groups excluding carboxylic acids is 1. The van der Waals surface area contributed by atoms with Gasteiger partial charge in [0.05, 0.1) is 17.9 Å². The molecule has 11 heteroatoms. The molecule has 3 heterocycles. The van der Waals surface area contributed by atoms with Gasteiger partial charge in [-0.3, -0.25) is 4.79 Å². The van der Waals surface area contributed by atoms with Crippen LogP contribution in [0, 0.1) is 17.7 Å². The fourth-order valence-electron chi connectivity index (χ4n) is 5.06. The second-order valence-electron chi connectivity index (χ2n) is 10.3. The van der Waals surface area contributed by atoms with E-state index in [1.807, 2.05) is 13.8 Å². The van der Waals surface area contributed by atoms with Crippen molar-refractivity contribution in [3.63, 3.8) is 0 Å². The molecule has 9 nitrogen and oxygen atoms in total. The van der Waals surface area contributed by atoms with E-state index < -0.39 is 21.7 Å². The lowest BCUT2D eigenvalue weighted by molar-refractivity contribution is 0.0981. The molecule has 2 fully saturated rings. The lowest BCUT2D eigenvalue weighted by Crippen LogP contribution is -2.37. The number of nitrogens with zero attached hydrogens (tertiary/aromatic N) is 3. The number of benzene rings is 1. The normalized spacial score (nSPS) is 18.7. The van der Waals surface area contributed by atoms with E-state index in [4.69, 9.17) is 15.5 Å². The van der Waals surface area contributed by atoms with Crippen LogP contribution in [0.15, 0.2) is 53.6 Å². The molecule has 200 valence electrons. The Kier molecular flexibility index (Phi) is 6.95. The first kappa shape index (κ1) is 25.9. The number of carbonyl (C=O) groups is 1. The lowest BCUT2D eigenvalue weighted by Gasteiger charge is -2.30. The second kappa shape index (κ2) is 10.2. The van der Waals surface area contributed by atoms with Crippen molar-refractivity contribution in [3.05, 3.63) is 59.9 Å². The summed E-state index contributed by atoms with van der Waals surface area (Å²) >= 11 is 0. The summed E-state index contributed by atoms with van der Waals surface area (Å²) in [7, 11) is -4.27. The molecule has 5 rings (SSSR count). The van der Waals surface area contributed by atoms with Crippen LogP contribution in [-0.2, 0) is 10.0 Å². The molecule has 0 unspecified atom stereocenters. The SMILES string of the molecule is CC(C)COc1cc(F)cc(-c2ccc(C(=O)NS(=O)(=O)c3cccc(N)n3)c(N3C[C@H]4CC[C@H]3C4)n2)c1. The maximum Gasteiger partial charge on any atom is 0.281 e. The molecular weight excluding hydrogens is 509 g/mol. The van der Waals surface area contributed by atoms with E-state index >= 15 is 0 Å². The van der Waals surface area contributed by atoms with Crippen LogP contribution < -0.4 is 20.1 Å². The highest BCUT2D eigenvalue weighted by Crippen LogP contribution is 2.41. The van der Waals surface area contributed by atoms with Gasteiger partial charge in [-0.15, -0.1) is 0 Å². The summed E-state index contributed by atoms with van der Waals surface area (Å²) in [6.45, 7) is 5.17. The number of fused-ring (bicyclic) bond motifs is 2. The number of hydrogen-bond donors (Lipinski definition) is 2. The number of sulfonamides is 1. The quantitative estimate of drug-likeness (QED) is 0.440. The van der Waals surface area contributed by atoms with E-state index in [9.17, 15) is 17.6 Å². The van der Waals surface area contributed by atoms with Crippen LogP contribution in [0.25, 0.3) is 11.3 Å². The van der Waals surface area contributed by atoms with Crippen molar-refractivity contribution >= 4 is 27.6 Å². The smallest absolute Gasteiger partial charge is 0.281 e. The van der Waals surface area contributed by atoms with E-state index in [1.54, 1.807) is 12.1 Å². The highest BCUT2D eigenvalue weighted by atomic mass is 32.2. The molecule has 1 aromatic carbocycles. The molecule has 1 aliphatic heterocycles. The Bertz CT molecular complexity index is 1480. The van der Waals surface area contributed by atoms with Crippen LogP contribution >= 0.6 is 0 Å². The molecular formula is C27H30FN5O4S. The van der Waals surface area contributed by atoms with E-state index in [0.29, 0.717) is 35.3 Å². The first-order valence-corrected chi connectivity index (χ1v) is 14.1. The molecule has 1 aliphatic carbocycles. The number of halogens is 1. The topological polar surface area (TPSA) is 128 Å². The average molecular weight is 540 g/mol. The lowest BCUT2D eigenvalue weighted by atomic mass is 10.1. The van der Waals surface area contributed by atoms with Crippen LogP contribution in [0.1, 0.15) is 43.5 Å². The number of ether oxygens (including phenoxy) is 1. The molecule has 2 atom stereocenters. The number of piperidine rings is 1. The Morgan fingerprint density at radius 1 is 1.18 bits per heavy atom. The Balaban J connectivity index is 1.51. The zero-order valence-corrected chi connectivity index (χ0v) is 22.0. The fraction of sp³-hybridized carbons (Fsp3) is 0.370. The summed E-state index contributed by atoms with van der Waals surface area (Å²) in [5.41, 5.74) is 6.69. The van der Waals surface area contributed by atoms with Crippen molar-refractivity contribution in [2.45, 2.75) is 44.2 Å². The maximum atomic E-state index is 14.5.